The highest BCUT2D eigenvalue weighted by Crippen LogP contribution is 2.27. The predicted octanol–water partition coefficient (Wildman–Crippen LogP) is 2.54. The number of carbonyl (C=O) groups excluding carboxylic acids is 1. The van der Waals surface area contributed by atoms with Gasteiger partial charge >= 0.3 is 0 Å². The lowest BCUT2D eigenvalue weighted by Gasteiger charge is -2.35. The fourth-order valence-electron chi connectivity index (χ4n) is 4.16. The van der Waals surface area contributed by atoms with Crippen LogP contribution in [0, 0.1) is 17.2 Å². The van der Waals surface area contributed by atoms with E-state index in [4.69, 9.17) is 5.26 Å². The van der Waals surface area contributed by atoms with Crippen molar-refractivity contribution in [1.29, 1.82) is 5.26 Å². The highest BCUT2D eigenvalue weighted by molar-refractivity contribution is 7.89. The van der Waals surface area contributed by atoms with Gasteiger partial charge in [-0.3, -0.25) is 4.79 Å². The lowest BCUT2D eigenvalue weighted by molar-refractivity contribution is -0.137. The number of nitriles is 1. The molecule has 150 valence electrons. The molecule has 0 saturated carbocycles. The molecule has 2 heterocycles. The third-order valence-electron chi connectivity index (χ3n) is 5.85. The van der Waals surface area contributed by atoms with Gasteiger partial charge in [-0.2, -0.15) is 9.57 Å². The molecule has 0 atom stereocenters. The molecule has 2 aromatic carbocycles. The normalized spacial score (nSPS) is 18.1. The number of rotatable bonds is 3. The molecular weight excluding hydrogens is 386 g/mol. The van der Waals surface area contributed by atoms with Gasteiger partial charge in [-0.15, -0.1) is 0 Å². The average molecular weight is 410 g/mol. The van der Waals surface area contributed by atoms with E-state index in [1.54, 1.807) is 12.1 Å². The Kier molecular flexibility index (Phi) is 5.39. The summed E-state index contributed by atoms with van der Waals surface area (Å²) in [6.07, 6.45) is 1.91. The van der Waals surface area contributed by atoms with Crippen LogP contribution in [0.1, 0.15) is 29.5 Å². The molecule has 6 nitrogen and oxygen atoms in total. The molecule has 1 saturated heterocycles. The molecule has 29 heavy (non-hydrogen) atoms. The Hall–Kier alpha value is -2.69. The van der Waals surface area contributed by atoms with Gasteiger partial charge in [-0.25, -0.2) is 8.42 Å². The van der Waals surface area contributed by atoms with Crippen molar-refractivity contribution in [1.82, 2.24) is 9.21 Å². The quantitative estimate of drug-likeness (QED) is 0.780. The summed E-state index contributed by atoms with van der Waals surface area (Å²) in [4.78, 5) is 15.0. The van der Waals surface area contributed by atoms with E-state index in [1.807, 2.05) is 23.1 Å². The number of hydrogen-bond acceptors (Lipinski definition) is 4. The van der Waals surface area contributed by atoms with Crippen LogP contribution in [-0.4, -0.2) is 43.2 Å². The monoisotopic (exact) mass is 409 g/mol. The van der Waals surface area contributed by atoms with Crippen molar-refractivity contribution in [3.05, 3.63) is 65.2 Å². The van der Waals surface area contributed by atoms with Crippen molar-refractivity contribution >= 4 is 15.9 Å². The lowest BCUT2D eigenvalue weighted by Crippen LogP contribution is -2.45. The van der Waals surface area contributed by atoms with Gasteiger partial charge in [0, 0.05) is 32.1 Å². The van der Waals surface area contributed by atoms with Crippen molar-refractivity contribution in [3.8, 4) is 6.07 Å². The van der Waals surface area contributed by atoms with Gasteiger partial charge in [-0.1, -0.05) is 30.3 Å². The van der Waals surface area contributed by atoms with Crippen molar-refractivity contribution in [2.45, 2.75) is 30.7 Å². The zero-order valence-electron chi connectivity index (χ0n) is 16.1. The molecule has 0 aromatic heterocycles. The number of nitrogens with zero attached hydrogens (tertiary/aromatic N) is 3. The fourth-order valence-corrected chi connectivity index (χ4v) is 5.68. The van der Waals surface area contributed by atoms with Crippen LogP contribution in [0.15, 0.2) is 53.4 Å². The molecule has 0 aliphatic carbocycles. The largest absolute Gasteiger partial charge is 0.338 e. The number of benzene rings is 2. The van der Waals surface area contributed by atoms with Crippen LogP contribution in [0.25, 0.3) is 0 Å². The molecule has 2 aromatic rings. The predicted molar refractivity (Wildman–Crippen MR) is 108 cm³/mol. The summed E-state index contributed by atoms with van der Waals surface area (Å²) >= 11 is 0. The van der Waals surface area contributed by atoms with E-state index in [2.05, 4.69) is 12.1 Å². The summed E-state index contributed by atoms with van der Waals surface area (Å²) in [5.41, 5.74) is 2.82. The highest BCUT2D eigenvalue weighted by Gasteiger charge is 2.34. The van der Waals surface area contributed by atoms with E-state index in [-0.39, 0.29) is 16.7 Å². The van der Waals surface area contributed by atoms with Crippen molar-refractivity contribution in [2.75, 3.05) is 19.6 Å². The van der Waals surface area contributed by atoms with Crippen LogP contribution in [0.5, 0.6) is 0 Å². The maximum absolute atomic E-state index is 13.0. The average Bonchev–Trinajstić information content (AvgIpc) is 2.78. The minimum absolute atomic E-state index is 0.128. The summed E-state index contributed by atoms with van der Waals surface area (Å²) in [5, 5.41) is 9.02. The zero-order valence-corrected chi connectivity index (χ0v) is 16.9. The van der Waals surface area contributed by atoms with Crippen LogP contribution in [0.2, 0.25) is 0 Å². The summed E-state index contributed by atoms with van der Waals surface area (Å²) in [6, 6.07) is 16.3. The van der Waals surface area contributed by atoms with Gasteiger partial charge < -0.3 is 4.90 Å². The topological polar surface area (TPSA) is 81.5 Å². The molecule has 0 N–H and O–H groups in total. The maximum atomic E-state index is 13.0. The molecule has 0 spiro atoms. The van der Waals surface area contributed by atoms with Gasteiger partial charge in [0.2, 0.25) is 15.9 Å². The van der Waals surface area contributed by atoms with Crippen molar-refractivity contribution in [3.63, 3.8) is 0 Å². The summed E-state index contributed by atoms with van der Waals surface area (Å²) < 4.78 is 27.2. The zero-order chi connectivity index (χ0) is 20.4. The Morgan fingerprint density at radius 3 is 2.45 bits per heavy atom. The first-order chi connectivity index (χ1) is 14.0. The second-order valence-corrected chi connectivity index (χ2v) is 9.53. The number of amides is 1. The molecule has 2 aliphatic heterocycles. The maximum Gasteiger partial charge on any atom is 0.243 e. The van der Waals surface area contributed by atoms with Gasteiger partial charge in [0.05, 0.1) is 16.5 Å². The lowest BCUT2D eigenvalue weighted by atomic mass is 9.94. The smallest absolute Gasteiger partial charge is 0.243 e. The number of hydrogen-bond donors (Lipinski definition) is 0. The van der Waals surface area contributed by atoms with Gasteiger partial charge in [0.25, 0.3) is 0 Å². The second kappa shape index (κ2) is 7.97. The Labute approximate surface area is 171 Å². The number of fused-ring (bicyclic) bond motifs is 1. The van der Waals surface area contributed by atoms with Crippen LogP contribution >= 0.6 is 0 Å². The summed E-state index contributed by atoms with van der Waals surface area (Å²) in [5.74, 6) is -0.0137. The van der Waals surface area contributed by atoms with E-state index in [1.165, 1.54) is 27.6 Å². The van der Waals surface area contributed by atoms with Gasteiger partial charge in [0.1, 0.15) is 0 Å². The minimum atomic E-state index is -3.65. The molecule has 1 amide bonds. The molecule has 0 bridgehead atoms. The number of sulfonamides is 1. The first-order valence-corrected chi connectivity index (χ1v) is 11.3. The van der Waals surface area contributed by atoms with Gasteiger partial charge in [0.15, 0.2) is 0 Å². The molecule has 2 aliphatic rings. The third kappa shape index (κ3) is 3.91. The first-order valence-electron chi connectivity index (χ1n) is 9.85. The van der Waals surface area contributed by atoms with E-state index in [0.717, 1.165) is 13.0 Å². The Morgan fingerprint density at radius 2 is 1.72 bits per heavy atom. The number of piperidine rings is 1. The van der Waals surface area contributed by atoms with Crippen molar-refractivity contribution in [2.24, 2.45) is 5.92 Å². The van der Waals surface area contributed by atoms with Crippen LogP contribution in [0.4, 0.5) is 0 Å². The third-order valence-corrected chi connectivity index (χ3v) is 7.74. The Morgan fingerprint density at radius 1 is 1.00 bits per heavy atom. The van der Waals surface area contributed by atoms with Crippen LogP contribution in [-0.2, 0) is 27.8 Å². The molecule has 0 radical (unpaired) electrons. The molecular formula is C22H23N3O3S. The standard InChI is InChI=1S/C22H23N3O3S/c23-15-17-4-3-7-21(14-17)29(27,28)25-12-9-19(10-13-25)22(26)24-11-8-18-5-1-2-6-20(18)16-24/h1-7,14,19H,8-13,16H2. The van der Waals surface area contributed by atoms with Crippen molar-refractivity contribution < 1.29 is 13.2 Å². The van der Waals surface area contributed by atoms with Crippen LogP contribution in [0.3, 0.4) is 0 Å². The fraction of sp³-hybridized carbons (Fsp3) is 0.364. The summed E-state index contributed by atoms with van der Waals surface area (Å²) in [7, 11) is -3.65. The van der Waals surface area contributed by atoms with E-state index < -0.39 is 10.0 Å². The second-order valence-electron chi connectivity index (χ2n) is 7.60. The van der Waals surface area contributed by atoms with Gasteiger partial charge in [-0.05, 0) is 48.6 Å². The summed E-state index contributed by atoms with van der Waals surface area (Å²) in [6.45, 7) is 1.99. The molecule has 0 unspecified atom stereocenters. The molecule has 1 fully saturated rings. The minimum Gasteiger partial charge on any atom is -0.338 e. The first kappa shape index (κ1) is 19.6. The Balaban J connectivity index is 1.40. The Bertz CT molecular complexity index is 1070. The van der Waals surface area contributed by atoms with E-state index in [0.29, 0.717) is 38.0 Å². The van der Waals surface area contributed by atoms with E-state index in [9.17, 15) is 13.2 Å². The van der Waals surface area contributed by atoms with E-state index >= 15 is 0 Å². The molecule has 7 heteroatoms. The SMILES string of the molecule is N#Cc1cccc(S(=O)(=O)N2CCC(C(=O)N3CCc4ccccc4C3)CC2)c1. The molecule has 4 rings (SSSR count). The van der Waals surface area contributed by atoms with Crippen LogP contribution < -0.4 is 0 Å². The highest BCUT2D eigenvalue weighted by atomic mass is 32.2. The number of carbonyl (C=O) groups is 1.